The molecule has 0 bridgehead atoms. The van der Waals surface area contributed by atoms with Crippen molar-refractivity contribution < 1.29 is 14.3 Å². The standard InChI is InChI=1S/C23H26N4O4/c1-15-11-20(28)21(13-26(15)2)31-14-22(29)24-17-7-9-27(10-8-17)23(30)19-12-16-5-3-4-6-18(16)25-19/h3-6,11-13,17,25H,7-10,14H2,1-2H3,(H,24,29). The zero-order valence-corrected chi connectivity index (χ0v) is 17.7. The molecule has 1 aliphatic rings. The number of likely N-dealkylation sites (tertiary alicyclic amines) is 1. The Morgan fingerprint density at radius 2 is 1.94 bits per heavy atom. The van der Waals surface area contributed by atoms with Gasteiger partial charge >= 0.3 is 0 Å². The lowest BCUT2D eigenvalue weighted by Crippen LogP contribution is -2.47. The fraction of sp³-hybridized carbons (Fsp3) is 0.348. The molecule has 0 aliphatic carbocycles. The molecule has 31 heavy (non-hydrogen) atoms. The highest BCUT2D eigenvalue weighted by Crippen LogP contribution is 2.18. The number of H-pyrrole nitrogens is 1. The minimum absolute atomic E-state index is 0.0243. The van der Waals surface area contributed by atoms with E-state index in [4.69, 9.17) is 4.74 Å². The fourth-order valence-corrected chi connectivity index (χ4v) is 3.81. The Morgan fingerprint density at radius 3 is 2.68 bits per heavy atom. The van der Waals surface area contributed by atoms with Crippen molar-refractivity contribution in [1.29, 1.82) is 0 Å². The molecule has 2 N–H and O–H groups in total. The van der Waals surface area contributed by atoms with E-state index in [2.05, 4.69) is 10.3 Å². The predicted octanol–water partition coefficient (Wildman–Crippen LogP) is 1.97. The molecule has 1 aliphatic heterocycles. The van der Waals surface area contributed by atoms with Crippen LogP contribution in [-0.4, -0.2) is 52.0 Å². The summed E-state index contributed by atoms with van der Waals surface area (Å²) in [5.41, 5.74) is 2.09. The number of amides is 2. The van der Waals surface area contributed by atoms with Gasteiger partial charge in [0.1, 0.15) is 5.69 Å². The van der Waals surface area contributed by atoms with Gasteiger partial charge in [-0.1, -0.05) is 18.2 Å². The van der Waals surface area contributed by atoms with Crippen LogP contribution in [0.5, 0.6) is 5.75 Å². The summed E-state index contributed by atoms with van der Waals surface area (Å²) in [7, 11) is 1.81. The smallest absolute Gasteiger partial charge is 0.270 e. The Balaban J connectivity index is 1.27. The maximum atomic E-state index is 12.8. The van der Waals surface area contributed by atoms with Crippen LogP contribution in [0.3, 0.4) is 0 Å². The zero-order valence-electron chi connectivity index (χ0n) is 17.7. The van der Waals surface area contributed by atoms with Crippen molar-refractivity contribution in [3.05, 3.63) is 64.2 Å². The first-order valence-corrected chi connectivity index (χ1v) is 10.4. The topological polar surface area (TPSA) is 96.4 Å². The van der Waals surface area contributed by atoms with Gasteiger partial charge in [0.05, 0.1) is 0 Å². The van der Waals surface area contributed by atoms with Gasteiger partial charge in [-0.3, -0.25) is 14.4 Å². The lowest BCUT2D eigenvalue weighted by atomic mass is 10.0. The van der Waals surface area contributed by atoms with Crippen LogP contribution in [0.2, 0.25) is 0 Å². The van der Waals surface area contributed by atoms with Crippen molar-refractivity contribution in [2.24, 2.45) is 7.05 Å². The lowest BCUT2D eigenvalue weighted by Gasteiger charge is -2.32. The molecule has 0 saturated carbocycles. The van der Waals surface area contributed by atoms with E-state index in [0.717, 1.165) is 16.6 Å². The number of carbonyl (C=O) groups is 2. The highest BCUT2D eigenvalue weighted by molar-refractivity contribution is 5.98. The Kier molecular flexibility index (Phi) is 5.79. The summed E-state index contributed by atoms with van der Waals surface area (Å²) in [5, 5.41) is 3.95. The third-order valence-corrected chi connectivity index (χ3v) is 5.72. The SMILES string of the molecule is Cc1cc(=O)c(OCC(=O)NC2CCN(C(=O)c3cc4ccccc4[nH]3)CC2)cn1C. The van der Waals surface area contributed by atoms with E-state index in [9.17, 15) is 14.4 Å². The molecule has 3 heterocycles. The summed E-state index contributed by atoms with van der Waals surface area (Å²) in [6, 6.07) is 11.1. The number of benzene rings is 1. The second kappa shape index (κ2) is 8.67. The maximum absolute atomic E-state index is 12.8. The van der Waals surface area contributed by atoms with Crippen LogP contribution in [0.4, 0.5) is 0 Å². The van der Waals surface area contributed by atoms with Crippen molar-refractivity contribution >= 4 is 22.7 Å². The Morgan fingerprint density at radius 1 is 1.19 bits per heavy atom. The molecule has 1 fully saturated rings. The molecule has 3 aromatic rings. The minimum atomic E-state index is -0.275. The second-order valence-corrected chi connectivity index (χ2v) is 7.95. The molecule has 0 unspecified atom stereocenters. The molecule has 4 rings (SSSR count). The monoisotopic (exact) mass is 422 g/mol. The number of nitrogens with zero attached hydrogens (tertiary/aromatic N) is 2. The van der Waals surface area contributed by atoms with Gasteiger partial charge in [0, 0.05) is 55.0 Å². The molecule has 1 saturated heterocycles. The number of aromatic amines is 1. The minimum Gasteiger partial charge on any atom is -0.478 e. The summed E-state index contributed by atoms with van der Waals surface area (Å²) in [6.07, 6.45) is 2.92. The van der Waals surface area contributed by atoms with Crippen molar-refractivity contribution in [2.75, 3.05) is 19.7 Å². The van der Waals surface area contributed by atoms with E-state index in [-0.39, 0.29) is 35.6 Å². The molecule has 2 aromatic heterocycles. The van der Waals surface area contributed by atoms with Crippen LogP contribution < -0.4 is 15.5 Å². The molecule has 0 spiro atoms. The molecule has 8 heteroatoms. The molecule has 2 amide bonds. The second-order valence-electron chi connectivity index (χ2n) is 7.95. The first-order chi connectivity index (χ1) is 14.9. The third-order valence-electron chi connectivity index (χ3n) is 5.72. The van der Waals surface area contributed by atoms with E-state index in [0.29, 0.717) is 31.6 Å². The average molecular weight is 422 g/mol. The Hall–Kier alpha value is -3.55. The lowest BCUT2D eigenvalue weighted by molar-refractivity contribution is -0.124. The van der Waals surface area contributed by atoms with Crippen LogP contribution >= 0.6 is 0 Å². The Labute approximate surface area is 179 Å². The van der Waals surface area contributed by atoms with Gasteiger partial charge in [-0.2, -0.15) is 0 Å². The summed E-state index contributed by atoms with van der Waals surface area (Å²) >= 11 is 0. The van der Waals surface area contributed by atoms with Gasteiger partial charge in [-0.25, -0.2) is 0 Å². The molecule has 1 aromatic carbocycles. The van der Waals surface area contributed by atoms with Gasteiger partial charge in [-0.15, -0.1) is 0 Å². The number of piperidine rings is 1. The number of ether oxygens (including phenoxy) is 1. The van der Waals surface area contributed by atoms with Crippen LogP contribution in [0, 0.1) is 6.92 Å². The highest BCUT2D eigenvalue weighted by Gasteiger charge is 2.25. The number of fused-ring (bicyclic) bond motifs is 1. The van der Waals surface area contributed by atoms with Crippen LogP contribution in [-0.2, 0) is 11.8 Å². The highest BCUT2D eigenvalue weighted by atomic mass is 16.5. The summed E-state index contributed by atoms with van der Waals surface area (Å²) < 4.78 is 7.18. The van der Waals surface area contributed by atoms with Crippen LogP contribution in [0.25, 0.3) is 10.9 Å². The first kappa shape index (κ1) is 20.7. The fourth-order valence-electron chi connectivity index (χ4n) is 3.81. The summed E-state index contributed by atoms with van der Waals surface area (Å²) in [4.78, 5) is 42.0. The van der Waals surface area contributed by atoms with Gasteiger partial charge in [0.25, 0.3) is 11.8 Å². The van der Waals surface area contributed by atoms with Gasteiger partial charge in [0.2, 0.25) is 5.43 Å². The van der Waals surface area contributed by atoms with Crippen molar-refractivity contribution in [3.63, 3.8) is 0 Å². The molecular weight excluding hydrogens is 396 g/mol. The summed E-state index contributed by atoms with van der Waals surface area (Å²) in [5.74, 6) is -0.149. The number of aryl methyl sites for hydroxylation is 2. The molecule has 8 nitrogen and oxygen atoms in total. The van der Waals surface area contributed by atoms with Gasteiger partial charge in [-0.05, 0) is 31.9 Å². The van der Waals surface area contributed by atoms with E-state index >= 15 is 0 Å². The van der Waals surface area contributed by atoms with E-state index < -0.39 is 0 Å². The number of para-hydroxylation sites is 1. The predicted molar refractivity (Wildman–Crippen MR) is 117 cm³/mol. The number of nitrogens with one attached hydrogen (secondary N) is 2. The number of aromatic nitrogens is 2. The average Bonchev–Trinajstić information content (AvgIpc) is 3.20. The van der Waals surface area contributed by atoms with Crippen molar-refractivity contribution in [3.8, 4) is 5.75 Å². The van der Waals surface area contributed by atoms with Gasteiger partial charge in [0.15, 0.2) is 12.4 Å². The van der Waals surface area contributed by atoms with E-state index in [1.165, 1.54) is 6.07 Å². The summed E-state index contributed by atoms with van der Waals surface area (Å²) in [6.45, 7) is 2.75. The first-order valence-electron chi connectivity index (χ1n) is 10.4. The number of hydrogen-bond donors (Lipinski definition) is 2. The quantitative estimate of drug-likeness (QED) is 0.657. The molecular formula is C23H26N4O4. The number of rotatable bonds is 5. The third kappa shape index (κ3) is 4.63. The molecule has 0 radical (unpaired) electrons. The van der Waals surface area contributed by atoms with Crippen molar-refractivity contribution in [1.82, 2.24) is 19.8 Å². The largest absolute Gasteiger partial charge is 0.478 e. The normalized spacial score (nSPS) is 14.6. The van der Waals surface area contributed by atoms with Crippen LogP contribution in [0.1, 0.15) is 29.0 Å². The molecule has 162 valence electrons. The number of hydrogen-bond acceptors (Lipinski definition) is 4. The van der Waals surface area contributed by atoms with Crippen LogP contribution in [0.15, 0.2) is 47.4 Å². The number of carbonyl (C=O) groups excluding carboxylic acids is 2. The van der Waals surface area contributed by atoms with E-state index in [1.807, 2.05) is 44.3 Å². The van der Waals surface area contributed by atoms with E-state index in [1.54, 1.807) is 15.7 Å². The maximum Gasteiger partial charge on any atom is 0.270 e. The number of pyridine rings is 1. The molecule has 0 atom stereocenters. The zero-order chi connectivity index (χ0) is 22.0. The van der Waals surface area contributed by atoms with Gasteiger partial charge < -0.3 is 24.5 Å². The van der Waals surface area contributed by atoms with Crippen molar-refractivity contribution in [2.45, 2.75) is 25.8 Å². The Bertz CT molecular complexity index is 1140.